The van der Waals surface area contributed by atoms with Crippen LogP contribution in [0.4, 0.5) is 10.1 Å². The maximum absolute atomic E-state index is 13.8. The lowest BCUT2D eigenvalue weighted by Gasteiger charge is -2.48. The average molecular weight is 626 g/mol. The Kier molecular flexibility index (Phi) is 7.03. The Labute approximate surface area is 268 Å². The Bertz CT molecular complexity index is 1780. The van der Waals surface area contributed by atoms with Crippen molar-refractivity contribution >= 4 is 34.1 Å². The van der Waals surface area contributed by atoms with Gasteiger partial charge in [-0.2, -0.15) is 5.26 Å². The summed E-state index contributed by atoms with van der Waals surface area (Å²) in [6, 6.07) is 12.7. The number of likely N-dealkylation sites (tertiary alicyclic amines) is 1. The molecule has 1 aromatic heterocycles. The second kappa shape index (κ2) is 11.0. The van der Waals surface area contributed by atoms with E-state index < -0.39 is 11.7 Å². The molecule has 0 saturated carbocycles. The molecule has 8 rings (SSSR count). The van der Waals surface area contributed by atoms with E-state index in [-0.39, 0.29) is 17.6 Å². The first-order valence-corrected chi connectivity index (χ1v) is 16.7. The van der Waals surface area contributed by atoms with Gasteiger partial charge in [0.25, 0.3) is 5.91 Å². The minimum Gasteiger partial charge on any atom is -0.475 e. The molecule has 0 bridgehead atoms. The van der Waals surface area contributed by atoms with Crippen molar-refractivity contribution in [3.8, 4) is 23.1 Å². The second-order valence-electron chi connectivity index (χ2n) is 13.4. The summed E-state index contributed by atoms with van der Waals surface area (Å²) in [6.45, 7) is 6.84. The smallest absolute Gasteiger partial charge is 0.282 e. The lowest BCUT2D eigenvalue weighted by atomic mass is 9.85. The lowest BCUT2D eigenvalue weighted by Crippen LogP contribution is -2.63. The van der Waals surface area contributed by atoms with E-state index in [4.69, 9.17) is 21.3 Å². The number of anilines is 1. The number of halogens is 2. The highest BCUT2D eigenvalue weighted by Gasteiger charge is 2.51. The SMILES string of the molecule is C=C(F)C(=O)N1CC[C@@H]2[C@H]1CN2c1c(C#N)c(OCC23CCCN2CCC3)nc2cc(-c3cccc4c3CCCC4)c(Cl)cc12. The number of carbonyl (C=O) groups excluding carboxylic acids is 1. The van der Waals surface area contributed by atoms with E-state index in [0.29, 0.717) is 42.6 Å². The molecule has 4 aliphatic heterocycles. The van der Waals surface area contributed by atoms with Gasteiger partial charge in [-0.25, -0.2) is 9.37 Å². The Morgan fingerprint density at radius 2 is 1.91 bits per heavy atom. The summed E-state index contributed by atoms with van der Waals surface area (Å²) in [7, 11) is 0. The number of hydrogen-bond donors (Lipinski definition) is 0. The molecule has 7 nitrogen and oxygen atoms in total. The Morgan fingerprint density at radius 1 is 1.11 bits per heavy atom. The van der Waals surface area contributed by atoms with E-state index in [2.05, 4.69) is 46.7 Å². The first-order valence-electron chi connectivity index (χ1n) is 16.4. The van der Waals surface area contributed by atoms with E-state index in [1.54, 1.807) is 4.90 Å². The Hall–Kier alpha value is -3.67. The fourth-order valence-electron chi connectivity index (χ4n) is 8.94. The van der Waals surface area contributed by atoms with Crippen LogP contribution in [-0.4, -0.2) is 71.1 Å². The molecular weight excluding hydrogens is 589 g/mol. The van der Waals surface area contributed by atoms with E-state index in [9.17, 15) is 14.4 Å². The van der Waals surface area contributed by atoms with Crippen molar-refractivity contribution in [2.45, 2.75) is 75.4 Å². The van der Waals surface area contributed by atoms with Crippen LogP contribution in [-0.2, 0) is 17.6 Å². The summed E-state index contributed by atoms with van der Waals surface area (Å²) < 4.78 is 20.4. The number of hydrogen-bond acceptors (Lipinski definition) is 6. The summed E-state index contributed by atoms with van der Waals surface area (Å²) in [5.41, 5.74) is 6.67. The molecule has 1 amide bonds. The molecule has 0 N–H and O–H groups in total. The van der Waals surface area contributed by atoms with Gasteiger partial charge in [0.15, 0.2) is 5.83 Å². The first kappa shape index (κ1) is 28.8. The van der Waals surface area contributed by atoms with Gasteiger partial charge in [0.1, 0.15) is 18.2 Å². The van der Waals surface area contributed by atoms with Crippen LogP contribution in [0.25, 0.3) is 22.0 Å². The average Bonchev–Trinajstić information content (AvgIpc) is 3.72. The van der Waals surface area contributed by atoms with Crippen molar-refractivity contribution in [3.63, 3.8) is 0 Å². The number of aromatic nitrogens is 1. The molecule has 4 fully saturated rings. The predicted octanol–water partition coefficient (Wildman–Crippen LogP) is 6.59. The number of nitriles is 1. The molecule has 5 aliphatic rings. The van der Waals surface area contributed by atoms with Crippen molar-refractivity contribution in [1.82, 2.24) is 14.8 Å². The molecule has 1 aliphatic carbocycles. The normalized spacial score (nSPS) is 23.3. The zero-order valence-electron chi connectivity index (χ0n) is 25.5. The summed E-state index contributed by atoms with van der Waals surface area (Å²) in [5.74, 6) is -1.24. The Balaban J connectivity index is 1.24. The van der Waals surface area contributed by atoms with Crippen LogP contribution in [0, 0.1) is 11.3 Å². The molecular formula is C36H37ClFN5O2. The van der Waals surface area contributed by atoms with Crippen molar-refractivity contribution in [2.75, 3.05) is 37.7 Å². The maximum Gasteiger partial charge on any atom is 0.282 e. The van der Waals surface area contributed by atoms with Crippen LogP contribution in [0.15, 0.2) is 42.7 Å². The van der Waals surface area contributed by atoms with E-state index in [1.807, 2.05) is 6.07 Å². The van der Waals surface area contributed by atoms with E-state index in [0.717, 1.165) is 85.8 Å². The topological polar surface area (TPSA) is 72.7 Å². The van der Waals surface area contributed by atoms with Gasteiger partial charge in [0.05, 0.1) is 28.8 Å². The molecule has 45 heavy (non-hydrogen) atoms. The lowest BCUT2D eigenvalue weighted by molar-refractivity contribution is -0.130. The van der Waals surface area contributed by atoms with Crippen molar-refractivity contribution in [3.05, 3.63) is 64.5 Å². The molecule has 3 aromatic rings. The second-order valence-corrected chi connectivity index (χ2v) is 13.8. The molecule has 0 radical (unpaired) electrons. The predicted molar refractivity (Wildman–Crippen MR) is 173 cm³/mol. The number of fused-ring (bicyclic) bond motifs is 4. The quantitative estimate of drug-likeness (QED) is 0.288. The molecule has 4 saturated heterocycles. The highest BCUT2D eigenvalue weighted by molar-refractivity contribution is 6.34. The van der Waals surface area contributed by atoms with E-state index in [1.165, 1.54) is 17.5 Å². The van der Waals surface area contributed by atoms with Crippen LogP contribution in [0.1, 0.15) is 61.6 Å². The Morgan fingerprint density at radius 3 is 2.69 bits per heavy atom. The number of nitrogens with zero attached hydrogens (tertiary/aromatic N) is 5. The standard InChI is InChI=1S/C36H37ClFN5O2/c1-22(38)35(44)42-16-11-31-32(42)20-43(31)33-27-17-29(37)26(25-10-4-8-23-7-2-3-9-24(23)25)18-30(27)40-34(28(33)19-39)45-21-36-12-5-14-41(36)15-6-13-36/h4,8,10,17-18,31-32H,1-3,5-7,9,11-16,20-21H2/t31-,32-/m1/s1. The number of aryl methyl sites for hydroxylation is 1. The molecule has 0 spiro atoms. The number of pyridine rings is 1. The van der Waals surface area contributed by atoms with Gasteiger partial charge in [-0.05, 0) is 99.7 Å². The molecule has 2 aromatic carbocycles. The van der Waals surface area contributed by atoms with Gasteiger partial charge in [-0.1, -0.05) is 36.4 Å². The number of benzene rings is 2. The molecule has 2 atom stereocenters. The van der Waals surface area contributed by atoms with Gasteiger partial charge in [0.2, 0.25) is 5.88 Å². The van der Waals surface area contributed by atoms with Crippen LogP contribution in [0.3, 0.4) is 0 Å². The fraction of sp³-hybridized carbons (Fsp3) is 0.472. The van der Waals surface area contributed by atoms with Gasteiger partial charge in [-0.3, -0.25) is 9.69 Å². The fourth-order valence-corrected chi connectivity index (χ4v) is 9.20. The maximum atomic E-state index is 13.8. The number of carbonyl (C=O) groups is 1. The highest BCUT2D eigenvalue weighted by Crippen LogP contribution is 2.47. The molecule has 232 valence electrons. The van der Waals surface area contributed by atoms with Crippen molar-refractivity contribution in [1.29, 1.82) is 5.26 Å². The third kappa shape index (κ3) is 4.53. The van der Waals surface area contributed by atoms with Crippen LogP contribution in [0.2, 0.25) is 5.02 Å². The zero-order valence-corrected chi connectivity index (χ0v) is 26.2. The minimum absolute atomic E-state index is 0.000706. The van der Waals surface area contributed by atoms with Crippen LogP contribution in [0.5, 0.6) is 5.88 Å². The summed E-state index contributed by atoms with van der Waals surface area (Å²) in [4.78, 5) is 23.8. The highest BCUT2D eigenvalue weighted by atomic mass is 35.5. The summed E-state index contributed by atoms with van der Waals surface area (Å²) >= 11 is 7.10. The van der Waals surface area contributed by atoms with Crippen molar-refractivity contribution < 1.29 is 13.9 Å². The molecule has 5 heterocycles. The van der Waals surface area contributed by atoms with Crippen LogP contribution >= 0.6 is 11.6 Å². The molecule has 0 unspecified atom stereocenters. The third-order valence-corrected chi connectivity index (χ3v) is 11.5. The van der Waals surface area contributed by atoms with Gasteiger partial charge >= 0.3 is 0 Å². The first-order chi connectivity index (χ1) is 21.9. The largest absolute Gasteiger partial charge is 0.475 e. The third-order valence-electron chi connectivity index (χ3n) is 11.2. The van der Waals surface area contributed by atoms with Gasteiger partial charge in [0, 0.05) is 29.1 Å². The van der Waals surface area contributed by atoms with Crippen LogP contribution < -0.4 is 9.64 Å². The van der Waals surface area contributed by atoms with Gasteiger partial charge in [-0.15, -0.1) is 0 Å². The molecule has 9 heteroatoms. The van der Waals surface area contributed by atoms with Gasteiger partial charge < -0.3 is 14.5 Å². The summed E-state index contributed by atoms with van der Waals surface area (Å²) in [5, 5.41) is 12.0. The van der Waals surface area contributed by atoms with Crippen molar-refractivity contribution in [2.24, 2.45) is 0 Å². The van der Waals surface area contributed by atoms with E-state index >= 15 is 0 Å². The number of ether oxygens (including phenoxy) is 1. The zero-order chi connectivity index (χ0) is 30.9. The summed E-state index contributed by atoms with van der Waals surface area (Å²) in [6.07, 6.45) is 9.63. The number of rotatable bonds is 6. The minimum atomic E-state index is -0.938. The monoisotopic (exact) mass is 625 g/mol. The number of amides is 1.